The number of methoxy groups -OCH3 is 1. The van der Waals surface area contributed by atoms with Crippen LogP contribution in [0.5, 0.6) is 5.88 Å². The molecule has 1 aliphatic rings. The van der Waals surface area contributed by atoms with Crippen LogP contribution in [-0.2, 0) is 0 Å². The quantitative estimate of drug-likeness (QED) is 0.852. The van der Waals surface area contributed by atoms with Crippen LogP contribution in [0.4, 0.5) is 11.5 Å². The summed E-state index contributed by atoms with van der Waals surface area (Å²) in [5.41, 5.74) is 6.72. The number of hydrogen-bond donors (Lipinski definition) is 2. The molecule has 6 heteroatoms. The predicted molar refractivity (Wildman–Crippen MR) is 76.3 cm³/mol. The van der Waals surface area contributed by atoms with E-state index in [1.54, 1.807) is 7.11 Å². The zero-order valence-corrected chi connectivity index (χ0v) is 11.9. The minimum absolute atomic E-state index is 0.289. The first-order valence-electron chi connectivity index (χ1n) is 6.61. The lowest BCUT2D eigenvalue weighted by Gasteiger charge is -2.38. The number of rotatable bonds is 4. The van der Waals surface area contributed by atoms with Gasteiger partial charge in [0.2, 0.25) is 5.88 Å². The van der Waals surface area contributed by atoms with Crippen molar-refractivity contribution in [3.63, 3.8) is 0 Å². The minimum Gasteiger partial charge on any atom is -0.479 e. The summed E-state index contributed by atoms with van der Waals surface area (Å²) in [5.74, 6) is 1.08. The van der Waals surface area contributed by atoms with Crippen molar-refractivity contribution in [3.8, 4) is 5.88 Å². The van der Waals surface area contributed by atoms with Crippen LogP contribution in [0.25, 0.3) is 0 Å². The summed E-state index contributed by atoms with van der Waals surface area (Å²) in [6, 6.07) is 0. The molecule has 1 fully saturated rings. The standard InChI is InChI=1S/C13H23N5O/c1-13(4-6-18(2)7-5-13)8-15-11-10(14)12(19-3)17-9-16-11/h9H,4-8,14H2,1-3H3,(H,15,16,17). The third-order valence-electron chi connectivity index (χ3n) is 3.92. The van der Waals surface area contributed by atoms with E-state index >= 15 is 0 Å². The highest BCUT2D eigenvalue weighted by atomic mass is 16.5. The maximum Gasteiger partial charge on any atom is 0.242 e. The molecule has 0 bridgehead atoms. The first kappa shape index (κ1) is 13.9. The monoisotopic (exact) mass is 265 g/mol. The third kappa shape index (κ3) is 3.26. The second-order valence-corrected chi connectivity index (χ2v) is 5.61. The van der Waals surface area contributed by atoms with E-state index in [1.807, 2.05) is 0 Å². The highest BCUT2D eigenvalue weighted by Gasteiger charge is 2.28. The highest BCUT2D eigenvalue weighted by Crippen LogP contribution is 2.32. The van der Waals surface area contributed by atoms with Gasteiger partial charge in [-0.2, -0.15) is 4.98 Å². The van der Waals surface area contributed by atoms with E-state index in [1.165, 1.54) is 19.2 Å². The van der Waals surface area contributed by atoms with E-state index in [4.69, 9.17) is 10.5 Å². The van der Waals surface area contributed by atoms with Gasteiger partial charge in [0.05, 0.1) is 7.11 Å². The number of nitrogens with zero attached hydrogens (tertiary/aromatic N) is 3. The average Bonchev–Trinajstić information content (AvgIpc) is 2.41. The highest BCUT2D eigenvalue weighted by molar-refractivity contribution is 5.66. The van der Waals surface area contributed by atoms with Crippen LogP contribution in [0, 0.1) is 5.41 Å². The number of nitrogen functional groups attached to an aromatic ring is 1. The smallest absolute Gasteiger partial charge is 0.242 e. The average molecular weight is 265 g/mol. The van der Waals surface area contributed by atoms with Gasteiger partial charge in [0, 0.05) is 6.54 Å². The Morgan fingerprint density at radius 2 is 2.11 bits per heavy atom. The normalized spacial score (nSPS) is 19.1. The van der Waals surface area contributed by atoms with Gasteiger partial charge in [-0.3, -0.25) is 0 Å². The molecule has 1 aliphatic heterocycles. The molecular formula is C13H23N5O. The molecule has 106 valence electrons. The molecular weight excluding hydrogens is 242 g/mol. The van der Waals surface area contributed by atoms with Gasteiger partial charge in [0.15, 0.2) is 5.82 Å². The lowest BCUT2D eigenvalue weighted by Crippen LogP contribution is -2.40. The van der Waals surface area contributed by atoms with Gasteiger partial charge in [0.25, 0.3) is 0 Å². The van der Waals surface area contributed by atoms with Gasteiger partial charge in [0.1, 0.15) is 12.0 Å². The molecule has 0 saturated carbocycles. The van der Waals surface area contributed by atoms with Gasteiger partial charge >= 0.3 is 0 Å². The van der Waals surface area contributed by atoms with Crippen molar-refractivity contribution in [3.05, 3.63) is 6.33 Å². The van der Waals surface area contributed by atoms with E-state index < -0.39 is 0 Å². The molecule has 2 heterocycles. The summed E-state index contributed by atoms with van der Waals surface area (Å²) < 4.78 is 5.09. The Bertz CT molecular complexity index is 429. The summed E-state index contributed by atoms with van der Waals surface area (Å²) in [6.07, 6.45) is 3.83. The van der Waals surface area contributed by atoms with Gasteiger partial charge in [-0.05, 0) is 38.4 Å². The Labute approximate surface area is 114 Å². The van der Waals surface area contributed by atoms with Crippen molar-refractivity contribution in [1.29, 1.82) is 0 Å². The number of piperidine rings is 1. The fourth-order valence-corrected chi connectivity index (χ4v) is 2.32. The van der Waals surface area contributed by atoms with Crippen LogP contribution in [0.3, 0.4) is 0 Å². The number of anilines is 2. The lowest BCUT2D eigenvalue weighted by atomic mass is 9.80. The van der Waals surface area contributed by atoms with Crippen molar-refractivity contribution in [2.24, 2.45) is 5.41 Å². The molecule has 1 aromatic heterocycles. The molecule has 0 unspecified atom stereocenters. The van der Waals surface area contributed by atoms with E-state index in [9.17, 15) is 0 Å². The van der Waals surface area contributed by atoms with Crippen molar-refractivity contribution in [1.82, 2.24) is 14.9 Å². The van der Waals surface area contributed by atoms with Crippen LogP contribution in [0.2, 0.25) is 0 Å². The van der Waals surface area contributed by atoms with E-state index in [2.05, 4.69) is 34.2 Å². The summed E-state index contributed by atoms with van der Waals surface area (Å²) in [6.45, 7) is 5.45. The number of nitrogens with one attached hydrogen (secondary N) is 1. The zero-order valence-electron chi connectivity index (χ0n) is 11.9. The fourth-order valence-electron chi connectivity index (χ4n) is 2.32. The molecule has 0 atom stereocenters. The van der Waals surface area contributed by atoms with Crippen molar-refractivity contribution in [2.75, 3.05) is 44.8 Å². The molecule has 19 heavy (non-hydrogen) atoms. The fraction of sp³-hybridized carbons (Fsp3) is 0.692. The van der Waals surface area contributed by atoms with E-state index in [-0.39, 0.29) is 5.41 Å². The first-order chi connectivity index (χ1) is 9.04. The van der Waals surface area contributed by atoms with E-state index in [0.717, 1.165) is 19.6 Å². The topological polar surface area (TPSA) is 76.3 Å². The second kappa shape index (κ2) is 5.61. The van der Waals surface area contributed by atoms with Crippen molar-refractivity contribution >= 4 is 11.5 Å². The first-order valence-corrected chi connectivity index (χ1v) is 6.61. The summed E-state index contributed by atoms with van der Waals surface area (Å²) >= 11 is 0. The molecule has 0 spiro atoms. The zero-order chi connectivity index (χ0) is 13.9. The summed E-state index contributed by atoms with van der Waals surface area (Å²) in [4.78, 5) is 10.5. The number of ether oxygens (including phenoxy) is 1. The van der Waals surface area contributed by atoms with E-state index in [0.29, 0.717) is 17.4 Å². The SMILES string of the molecule is COc1ncnc(NCC2(C)CCN(C)CC2)c1N. The van der Waals surface area contributed by atoms with Crippen LogP contribution >= 0.6 is 0 Å². The molecule has 1 saturated heterocycles. The predicted octanol–water partition coefficient (Wildman–Crippen LogP) is 1.21. The van der Waals surface area contributed by atoms with Crippen molar-refractivity contribution in [2.45, 2.75) is 19.8 Å². The molecule has 2 rings (SSSR count). The maximum absolute atomic E-state index is 5.95. The largest absolute Gasteiger partial charge is 0.479 e. The van der Waals surface area contributed by atoms with Crippen molar-refractivity contribution < 1.29 is 4.74 Å². The Kier molecular flexibility index (Phi) is 4.09. The van der Waals surface area contributed by atoms with Crippen LogP contribution in [0.15, 0.2) is 6.33 Å². The number of hydrogen-bond acceptors (Lipinski definition) is 6. The van der Waals surface area contributed by atoms with Gasteiger partial charge in [-0.1, -0.05) is 6.92 Å². The van der Waals surface area contributed by atoms with Crippen LogP contribution in [0.1, 0.15) is 19.8 Å². The Morgan fingerprint density at radius 3 is 2.74 bits per heavy atom. The number of nitrogens with two attached hydrogens (primary N) is 1. The lowest BCUT2D eigenvalue weighted by molar-refractivity contribution is 0.150. The maximum atomic E-state index is 5.95. The van der Waals surface area contributed by atoms with Gasteiger partial charge < -0.3 is 20.7 Å². The Morgan fingerprint density at radius 1 is 1.42 bits per heavy atom. The molecule has 0 aliphatic carbocycles. The number of likely N-dealkylation sites (tertiary alicyclic amines) is 1. The third-order valence-corrected chi connectivity index (χ3v) is 3.92. The Hall–Kier alpha value is -1.56. The molecule has 3 N–H and O–H groups in total. The minimum atomic E-state index is 0.289. The van der Waals surface area contributed by atoms with Gasteiger partial charge in [-0.15, -0.1) is 0 Å². The second-order valence-electron chi connectivity index (χ2n) is 5.61. The molecule has 6 nitrogen and oxygen atoms in total. The molecule has 1 aromatic rings. The Balaban J connectivity index is 1.99. The molecule has 0 aromatic carbocycles. The summed E-state index contributed by atoms with van der Waals surface area (Å²) in [5, 5.41) is 3.34. The molecule has 0 amide bonds. The number of aromatic nitrogens is 2. The van der Waals surface area contributed by atoms with Gasteiger partial charge in [-0.25, -0.2) is 4.98 Å². The molecule has 0 radical (unpaired) electrons. The van der Waals surface area contributed by atoms with Crippen LogP contribution < -0.4 is 15.8 Å². The summed E-state index contributed by atoms with van der Waals surface area (Å²) in [7, 11) is 3.72. The van der Waals surface area contributed by atoms with Crippen LogP contribution in [-0.4, -0.2) is 48.7 Å².